The molecule has 0 heterocycles. The van der Waals surface area contributed by atoms with E-state index in [1.807, 2.05) is 44.2 Å². The Morgan fingerprint density at radius 3 is 2.40 bits per heavy atom. The second kappa shape index (κ2) is 13.3. The average Bonchev–Trinajstić information content (AvgIpc) is 2.81. The highest BCUT2D eigenvalue weighted by atomic mass is 35.5. The van der Waals surface area contributed by atoms with Crippen molar-refractivity contribution in [2.24, 2.45) is 5.41 Å². The second-order valence-electron chi connectivity index (χ2n) is 10.3. The summed E-state index contributed by atoms with van der Waals surface area (Å²) in [6.45, 7) is 12.9. The molecule has 0 amide bonds. The molecule has 4 heteroatoms. The first-order valence-corrected chi connectivity index (χ1v) is 14.5. The lowest BCUT2D eigenvalue weighted by Crippen LogP contribution is -2.19. The van der Waals surface area contributed by atoms with E-state index in [4.69, 9.17) is 11.6 Å². The van der Waals surface area contributed by atoms with E-state index < -0.39 is 15.1 Å². The van der Waals surface area contributed by atoms with E-state index >= 15 is 0 Å². The van der Waals surface area contributed by atoms with Crippen molar-refractivity contribution in [3.63, 3.8) is 0 Å². The molecule has 2 nitrogen and oxygen atoms in total. The highest BCUT2D eigenvalue weighted by Gasteiger charge is 2.26. The van der Waals surface area contributed by atoms with Crippen molar-refractivity contribution in [2.75, 3.05) is 5.88 Å². The highest BCUT2D eigenvalue weighted by Crippen LogP contribution is 2.40. The molecule has 1 aromatic carbocycles. The van der Waals surface area contributed by atoms with Crippen molar-refractivity contribution >= 4 is 21.4 Å². The van der Waals surface area contributed by atoms with Crippen LogP contribution in [0.5, 0.6) is 0 Å². The van der Waals surface area contributed by atoms with Crippen LogP contribution in [0.25, 0.3) is 0 Å². The van der Waals surface area contributed by atoms with Gasteiger partial charge in [0.15, 0.2) is 9.84 Å². The van der Waals surface area contributed by atoms with Crippen molar-refractivity contribution in [2.45, 2.75) is 77.4 Å². The van der Waals surface area contributed by atoms with Gasteiger partial charge in [-0.3, -0.25) is 0 Å². The first-order valence-electron chi connectivity index (χ1n) is 12.4. The molecule has 1 aliphatic carbocycles. The first kappa shape index (κ1) is 29.1. The van der Waals surface area contributed by atoms with Gasteiger partial charge in [-0.05, 0) is 76.5 Å². The van der Waals surface area contributed by atoms with Crippen LogP contribution >= 0.6 is 11.6 Å². The fourth-order valence-corrected chi connectivity index (χ4v) is 6.16. The topological polar surface area (TPSA) is 34.1 Å². The molecule has 0 fully saturated rings. The Bertz CT molecular complexity index is 1140. The Labute approximate surface area is 218 Å². The van der Waals surface area contributed by atoms with Crippen molar-refractivity contribution in [3.8, 4) is 0 Å². The van der Waals surface area contributed by atoms with Crippen LogP contribution < -0.4 is 0 Å². The van der Waals surface area contributed by atoms with Crippen LogP contribution in [-0.4, -0.2) is 19.5 Å². The molecule has 0 saturated carbocycles. The molecule has 1 atom stereocenters. The van der Waals surface area contributed by atoms with Gasteiger partial charge in [-0.2, -0.15) is 0 Å². The molecule has 1 unspecified atom stereocenters. The molecule has 1 aliphatic rings. The minimum absolute atomic E-state index is 0.226. The van der Waals surface area contributed by atoms with Gasteiger partial charge in [0, 0.05) is 5.88 Å². The summed E-state index contributed by atoms with van der Waals surface area (Å²) < 4.78 is 26.6. The van der Waals surface area contributed by atoms with Gasteiger partial charge < -0.3 is 0 Å². The third-order valence-electron chi connectivity index (χ3n) is 6.60. The number of benzene rings is 1. The molecule has 0 radical (unpaired) electrons. The quantitative estimate of drug-likeness (QED) is 0.178. The number of hydrogen-bond donors (Lipinski definition) is 0. The zero-order valence-corrected chi connectivity index (χ0v) is 23.7. The number of alkyl halides is 1. The third kappa shape index (κ3) is 8.81. The normalized spacial score (nSPS) is 19.1. The minimum Gasteiger partial charge on any atom is -0.223 e. The molecule has 0 spiro atoms. The molecule has 0 bridgehead atoms. The van der Waals surface area contributed by atoms with E-state index in [2.05, 4.69) is 45.9 Å². The summed E-state index contributed by atoms with van der Waals surface area (Å²) in [5.74, 6) is 0.395. The average molecular weight is 513 g/mol. The number of sulfone groups is 1. The molecule has 0 aromatic heterocycles. The monoisotopic (exact) mass is 512 g/mol. The zero-order chi connectivity index (χ0) is 26.1. The molecule has 35 heavy (non-hydrogen) atoms. The van der Waals surface area contributed by atoms with E-state index in [0.717, 1.165) is 16.7 Å². The minimum atomic E-state index is -3.51. The Balaban J connectivity index is 2.22. The van der Waals surface area contributed by atoms with Crippen molar-refractivity contribution < 1.29 is 8.42 Å². The van der Waals surface area contributed by atoms with Crippen LogP contribution in [0.2, 0.25) is 0 Å². The van der Waals surface area contributed by atoms with Crippen LogP contribution in [0.4, 0.5) is 0 Å². The number of halogens is 1. The fraction of sp³-hybridized carbons (Fsp3) is 0.419. The Morgan fingerprint density at radius 1 is 1.09 bits per heavy atom. The predicted molar refractivity (Wildman–Crippen MR) is 153 cm³/mol. The highest BCUT2D eigenvalue weighted by molar-refractivity contribution is 7.92. The van der Waals surface area contributed by atoms with Gasteiger partial charge in [-0.1, -0.05) is 96.9 Å². The first-order chi connectivity index (χ1) is 16.5. The van der Waals surface area contributed by atoms with Gasteiger partial charge >= 0.3 is 0 Å². The van der Waals surface area contributed by atoms with Gasteiger partial charge in [0.25, 0.3) is 0 Å². The third-order valence-corrected chi connectivity index (χ3v) is 9.08. The van der Waals surface area contributed by atoms with E-state index in [1.165, 1.54) is 30.4 Å². The molecule has 0 aliphatic heterocycles. The standard InChI is InChI=1S/C31H41ClO2S/c1-24(18-20-30-27(4)14-11-21-31(30,5)6)12-10-13-25(2)22-29(19-17-26(3)23-32)35(33,34)28-15-8-7-9-16-28/h7-10,12-13,15-18,20,22,29H,11,14,19,21,23H2,1-6H3. The summed E-state index contributed by atoms with van der Waals surface area (Å²) in [5, 5.41) is -0.652. The van der Waals surface area contributed by atoms with Gasteiger partial charge in [0.2, 0.25) is 0 Å². The molecular weight excluding hydrogens is 472 g/mol. The van der Waals surface area contributed by atoms with Gasteiger partial charge in [-0.25, -0.2) is 8.42 Å². The van der Waals surface area contributed by atoms with Crippen LogP contribution in [0, 0.1) is 5.41 Å². The molecule has 0 N–H and O–H groups in total. The maximum Gasteiger partial charge on any atom is 0.185 e. The number of allylic oxidation sites excluding steroid dienone is 11. The number of hydrogen-bond acceptors (Lipinski definition) is 2. The smallest absolute Gasteiger partial charge is 0.185 e. The van der Waals surface area contributed by atoms with E-state index in [1.54, 1.807) is 24.3 Å². The van der Waals surface area contributed by atoms with Crippen molar-refractivity contribution in [1.82, 2.24) is 0 Å². The predicted octanol–water partition coefficient (Wildman–Crippen LogP) is 8.94. The Hall–Kier alpha value is -2.10. The lowest BCUT2D eigenvalue weighted by atomic mass is 9.72. The largest absolute Gasteiger partial charge is 0.223 e. The molecule has 190 valence electrons. The maximum atomic E-state index is 13.3. The fourth-order valence-electron chi connectivity index (χ4n) is 4.42. The summed E-state index contributed by atoms with van der Waals surface area (Å²) in [6, 6.07) is 8.65. The summed E-state index contributed by atoms with van der Waals surface area (Å²) in [7, 11) is -3.51. The van der Waals surface area contributed by atoms with Gasteiger partial charge in [-0.15, -0.1) is 11.6 Å². The maximum absolute atomic E-state index is 13.3. The van der Waals surface area contributed by atoms with Crippen molar-refractivity contribution in [1.29, 1.82) is 0 Å². The molecule has 2 rings (SSSR count). The second-order valence-corrected chi connectivity index (χ2v) is 12.7. The zero-order valence-electron chi connectivity index (χ0n) is 22.1. The summed E-state index contributed by atoms with van der Waals surface area (Å²) >= 11 is 5.91. The molecular formula is C31H41ClO2S. The van der Waals surface area contributed by atoms with Gasteiger partial charge in [0.1, 0.15) is 0 Å². The van der Waals surface area contributed by atoms with E-state index in [-0.39, 0.29) is 5.41 Å². The van der Waals surface area contributed by atoms with Crippen LogP contribution in [0.3, 0.4) is 0 Å². The molecule has 0 saturated heterocycles. The lowest BCUT2D eigenvalue weighted by molar-refractivity contribution is 0.377. The SMILES string of the molecule is CC(C=CC1=C(C)CCCC1(C)C)=CC=CC(C)=CC(CC=C(C)CCl)S(=O)(=O)c1ccccc1. The van der Waals surface area contributed by atoms with E-state index in [9.17, 15) is 8.42 Å². The number of rotatable bonds is 10. The lowest BCUT2D eigenvalue weighted by Gasteiger charge is -2.32. The van der Waals surface area contributed by atoms with Crippen LogP contribution in [0.15, 0.2) is 106 Å². The summed E-state index contributed by atoms with van der Waals surface area (Å²) in [5.41, 5.74) is 6.20. The summed E-state index contributed by atoms with van der Waals surface area (Å²) in [4.78, 5) is 0.339. The van der Waals surface area contributed by atoms with Crippen LogP contribution in [0.1, 0.15) is 67.2 Å². The Morgan fingerprint density at radius 2 is 1.77 bits per heavy atom. The van der Waals surface area contributed by atoms with Crippen molar-refractivity contribution in [3.05, 3.63) is 101 Å². The Kier molecular flexibility index (Phi) is 11.0. The van der Waals surface area contributed by atoms with Gasteiger partial charge in [0.05, 0.1) is 10.1 Å². The van der Waals surface area contributed by atoms with E-state index in [0.29, 0.717) is 17.2 Å². The summed E-state index contributed by atoms with van der Waals surface area (Å²) in [6.07, 6.45) is 18.3. The molecule has 1 aromatic rings. The van der Waals surface area contributed by atoms with Crippen LogP contribution in [-0.2, 0) is 9.84 Å².